The molecule has 0 heterocycles. The van der Waals surface area contributed by atoms with Gasteiger partial charge in [-0.25, -0.2) is 4.79 Å². The molecule has 0 saturated carbocycles. The number of benzene rings is 4. The summed E-state index contributed by atoms with van der Waals surface area (Å²) < 4.78 is 10.8. The molecule has 4 aromatic rings. The maximum Gasteiger partial charge on any atom is 0.519 e. The minimum absolute atomic E-state index is 0.252. The van der Waals surface area contributed by atoms with Gasteiger partial charge in [0.2, 0.25) is 0 Å². The summed E-state index contributed by atoms with van der Waals surface area (Å²) >= 11 is 0. The van der Waals surface area contributed by atoms with Gasteiger partial charge in [0.15, 0.2) is 0 Å². The van der Waals surface area contributed by atoms with Gasteiger partial charge in [0.1, 0.15) is 11.5 Å². The zero-order valence-electron chi connectivity index (χ0n) is 22.9. The largest absolute Gasteiger partial charge is 0.519 e. The Bertz CT molecular complexity index is 1180. The number of hydrogen-bond acceptors (Lipinski definition) is 3. The molecule has 4 aromatic carbocycles. The summed E-state index contributed by atoms with van der Waals surface area (Å²) in [5, 5.41) is 0. The number of rotatable bonds is 10. The Labute approximate surface area is 227 Å². The highest BCUT2D eigenvalue weighted by molar-refractivity contribution is 5.67. The highest BCUT2D eigenvalue weighted by atomic mass is 16.7. The van der Waals surface area contributed by atoms with Crippen molar-refractivity contribution in [1.82, 2.24) is 0 Å². The van der Waals surface area contributed by atoms with Crippen LogP contribution in [0.5, 0.6) is 11.5 Å². The first kappa shape index (κ1) is 27.2. The van der Waals surface area contributed by atoms with E-state index in [2.05, 4.69) is 76.2 Å². The number of hydrogen-bond donors (Lipinski definition) is 0. The third kappa shape index (κ3) is 7.13. The molecule has 0 aromatic heterocycles. The lowest BCUT2D eigenvalue weighted by molar-refractivity contribution is 0.152. The van der Waals surface area contributed by atoms with Crippen LogP contribution in [0.15, 0.2) is 97.1 Å². The molecule has 4 rings (SSSR count). The van der Waals surface area contributed by atoms with Crippen LogP contribution in [-0.4, -0.2) is 6.16 Å². The zero-order valence-corrected chi connectivity index (χ0v) is 22.9. The Hall–Kier alpha value is -3.85. The second-order valence-electron chi connectivity index (χ2n) is 10.0. The summed E-state index contributed by atoms with van der Waals surface area (Å²) in [7, 11) is 0. The summed E-state index contributed by atoms with van der Waals surface area (Å²) in [4.78, 5) is 12.4. The van der Waals surface area contributed by atoms with Gasteiger partial charge in [-0.2, -0.15) is 0 Å². The summed E-state index contributed by atoms with van der Waals surface area (Å²) in [6.07, 6.45) is 3.76. The van der Waals surface area contributed by atoms with E-state index in [-0.39, 0.29) is 11.8 Å². The molecule has 2 unspecified atom stereocenters. The van der Waals surface area contributed by atoms with E-state index < -0.39 is 6.16 Å². The average Bonchev–Trinajstić information content (AvgIpc) is 2.94. The molecule has 0 aliphatic rings. The summed E-state index contributed by atoms with van der Waals surface area (Å²) in [6.45, 7) is 8.76. The molecule has 0 radical (unpaired) electrons. The monoisotopic (exact) mass is 506 g/mol. The van der Waals surface area contributed by atoms with E-state index in [1.807, 2.05) is 48.5 Å². The fourth-order valence-electron chi connectivity index (χ4n) is 4.77. The third-order valence-electron chi connectivity index (χ3n) is 7.20. The van der Waals surface area contributed by atoms with Gasteiger partial charge in [0, 0.05) is 11.8 Å². The quantitative estimate of drug-likeness (QED) is 0.159. The molecule has 0 fully saturated rings. The molecule has 0 aliphatic carbocycles. The van der Waals surface area contributed by atoms with Crippen molar-refractivity contribution < 1.29 is 14.3 Å². The lowest BCUT2D eigenvalue weighted by Gasteiger charge is -2.14. The molecule has 3 nitrogen and oxygen atoms in total. The molecule has 0 aliphatic heterocycles. The van der Waals surface area contributed by atoms with Crippen molar-refractivity contribution in [3.63, 3.8) is 0 Å². The minimum atomic E-state index is -0.746. The molecule has 2 atom stereocenters. The minimum Gasteiger partial charge on any atom is -0.395 e. The van der Waals surface area contributed by atoms with Crippen molar-refractivity contribution >= 4 is 6.16 Å². The highest BCUT2D eigenvalue weighted by Gasteiger charge is 2.13. The Morgan fingerprint density at radius 3 is 1.11 bits per heavy atom. The number of aryl methyl sites for hydroxylation is 2. The lowest BCUT2D eigenvalue weighted by atomic mass is 9.92. The van der Waals surface area contributed by atoms with Crippen LogP contribution in [0, 0.1) is 0 Å². The number of carbonyl (C=O) groups excluding carboxylic acids is 1. The lowest BCUT2D eigenvalue weighted by Crippen LogP contribution is -2.13. The van der Waals surface area contributed by atoms with Crippen LogP contribution in [0.1, 0.15) is 85.8 Å². The fourth-order valence-corrected chi connectivity index (χ4v) is 4.77. The highest BCUT2D eigenvalue weighted by Crippen LogP contribution is 2.28. The summed E-state index contributed by atoms with van der Waals surface area (Å²) in [5.74, 6) is 1.42. The first-order valence-electron chi connectivity index (χ1n) is 13.7. The van der Waals surface area contributed by atoms with Gasteiger partial charge < -0.3 is 9.47 Å². The van der Waals surface area contributed by atoms with Crippen LogP contribution in [0.4, 0.5) is 4.79 Å². The van der Waals surface area contributed by atoms with Crippen molar-refractivity contribution in [3.05, 3.63) is 130 Å². The molecule has 0 amide bonds. The molecule has 0 N–H and O–H groups in total. The predicted molar refractivity (Wildman–Crippen MR) is 155 cm³/mol. The topological polar surface area (TPSA) is 35.5 Å². The van der Waals surface area contributed by atoms with Crippen molar-refractivity contribution in [2.45, 2.75) is 65.2 Å². The first-order valence-corrected chi connectivity index (χ1v) is 13.7. The van der Waals surface area contributed by atoms with Crippen molar-refractivity contribution in [3.8, 4) is 11.5 Å². The Morgan fingerprint density at radius 2 is 0.816 bits per heavy atom. The van der Waals surface area contributed by atoms with Crippen molar-refractivity contribution in [2.24, 2.45) is 0 Å². The van der Waals surface area contributed by atoms with Gasteiger partial charge in [-0.05, 0) is 70.5 Å². The molecular formula is C35H38O3. The third-order valence-corrected chi connectivity index (χ3v) is 7.20. The Morgan fingerprint density at radius 1 is 0.526 bits per heavy atom. The smallest absolute Gasteiger partial charge is 0.395 e. The van der Waals surface area contributed by atoms with Crippen molar-refractivity contribution in [1.29, 1.82) is 0 Å². The van der Waals surface area contributed by atoms with E-state index in [9.17, 15) is 4.79 Å². The van der Waals surface area contributed by atoms with Crippen LogP contribution >= 0.6 is 0 Å². The number of ether oxygens (including phenoxy) is 2. The normalized spacial score (nSPS) is 12.5. The maximum absolute atomic E-state index is 12.4. The predicted octanol–water partition coefficient (Wildman–Crippen LogP) is 9.47. The van der Waals surface area contributed by atoms with Gasteiger partial charge in [-0.3, -0.25) is 0 Å². The molecule has 0 bridgehead atoms. The van der Waals surface area contributed by atoms with Crippen molar-refractivity contribution in [2.75, 3.05) is 0 Å². The molecule has 0 saturated heterocycles. The fraction of sp³-hybridized carbons (Fsp3) is 0.286. The molecule has 38 heavy (non-hydrogen) atoms. The van der Waals surface area contributed by atoms with E-state index in [1.165, 1.54) is 33.4 Å². The molecular weight excluding hydrogens is 468 g/mol. The van der Waals surface area contributed by atoms with Crippen LogP contribution in [0.25, 0.3) is 0 Å². The standard InChI is InChI=1S/C35H38O3/c1-5-7-27-9-13-29(14-10-27)25(3)31-17-21-33(22-18-31)37-35(36)38-34-23-19-32(20-24-34)26(4)30-15-11-28(8-6-2)12-16-30/h9-26H,5-8H2,1-4H3. The Balaban J connectivity index is 1.31. The van der Waals surface area contributed by atoms with Gasteiger partial charge in [0.05, 0.1) is 0 Å². The van der Waals surface area contributed by atoms with Gasteiger partial charge in [-0.15, -0.1) is 0 Å². The van der Waals surface area contributed by atoms with Gasteiger partial charge >= 0.3 is 6.16 Å². The van der Waals surface area contributed by atoms with E-state index in [0.29, 0.717) is 11.5 Å². The zero-order chi connectivity index (χ0) is 26.9. The average molecular weight is 507 g/mol. The van der Waals surface area contributed by atoms with Crippen LogP contribution in [0.2, 0.25) is 0 Å². The van der Waals surface area contributed by atoms with E-state index >= 15 is 0 Å². The Kier molecular flexibility index (Phi) is 9.37. The SMILES string of the molecule is CCCc1ccc(C(C)c2ccc(OC(=O)Oc3ccc(C(C)c4ccc(CCC)cc4)cc3)cc2)cc1. The van der Waals surface area contributed by atoms with E-state index in [1.54, 1.807) is 0 Å². The second kappa shape index (κ2) is 13.1. The maximum atomic E-state index is 12.4. The van der Waals surface area contributed by atoms with Crippen LogP contribution in [0.3, 0.4) is 0 Å². The van der Waals surface area contributed by atoms with Crippen LogP contribution < -0.4 is 9.47 Å². The summed E-state index contributed by atoms with van der Waals surface area (Å²) in [6, 6.07) is 32.9. The van der Waals surface area contributed by atoms with E-state index in [4.69, 9.17) is 9.47 Å². The van der Waals surface area contributed by atoms with Crippen LogP contribution in [-0.2, 0) is 12.8 Å². The number of carbonyl (C=O) groups is 1. The van der Waals surface area contributed by atoms with Gasteiger partial charge in [-0.1, -0.05) is 113 Å². The van der Waals surface area contributed by atoms with E-state index in [0.717, 1.165) is 25.7 Å². The van der Waals surface area contributed by atoms with Gasteiger partial charge in [0.25, 0.3) is 0 Å². The molecule has 196 valence electrons. The molecule has 0 spiro atoms. The molecule has 3 heteroatoms. The second-order valence-corrected chi connectivity index (χ2v) is 10.0. The first-order chi connectivity index (χ1) is 18.5. The summed E-state index contributed by atoms with van der Waals surface area (Å²) in [5.41, 5.74) is 7.60.